The highest BCUT2D eigenvalue weighted by molar-refractivity contribution is 4.99. The largest absolute Gasteiger partial charge is 0.388 e. The third kappa shape index (κ3) is 4.00. The normalized spacial score (nSPS) is 57.1. The van der Waals surface area contributed by atoms with Crippen LogP contribution >= 0.6 is 0 Å². The van der Waals surface area contributed by atoms with Crippen LogP contribution in [0.4, 0.5) is 0 Å². The zero-order chi connectivity index (χ0) is 22.6. The van der Waals surface area contributed by atoms with Crippen molar-refractivity contribution < 1.29 is 59.4 Å². The highest BCUT2D eigenvalue weighted by atomic mass is 16.8. The van der Waals surface area contributed by atoms with Crippen molar-refractivity contribution >= 4 is 0 Å². The van der Waals surface area contributed by atoms with Crippen molar-refractivity contribution in [1.82, 2.24) is 0 Å². The van der Waals surface area contributed by atoms with Gasteiger partial charge in [-0.3, -0.25) is 0 Å². The summed E-state index contributed by atoms with van der Waals surface area (Å²) in [5.41, 5.74) is 0. The van der Waals surface area contributed by atoms with Crippen molar-refractivity contribution in [3.05, 3.63) is 0 Å². The molecule has 7 N–H and O–H groups in total. The minimum absolute atomic E-state index is 0.595. The Bertz CT molecular complexity index is 608. The van der Waals surface area contributed by atoms with Crippen molar-refractivity contribution in [2.45, 2.75) is 107 Å². The van der Waals surface area contributed by atoms with Gasteiger partial charge in [-0.15, -0.1) is 0 Å². The summed E-state index contributed by atoms with van der Waals surface area (Å²) < 4.78 is 27.9. The molecule has 13 atom stereocenters. The molecular formula is C18H32O12. The van der Waals surface area contributed by atoms with E-state index in [9.17, 15) is 35.7 Å². The van der Waals surface area contributed by atoms with Crippen LogP contribution in [-0.2, 0) is 23.7 Å². The predicted octanol–water partition coefficient (Wildman–Crippen LogP) is -3.46. The summed E-state index contributed by atoms with van der Waals surface area (Å²) in [4.78, 5) is 0. The van der Waals surface area contributed by atoms with Gasteiger partial charge in [0.05, 0.1) is 18.3 Å². The maximum atomic E-state index is 10.6. The first kappa shape index (κ1) is 24.2. The molecule has 0 bridgehead atoms. The van der Waals surface area contributed by atoms with Crippen LogP contribution in [0.2, 0.25) is 0 Å². The standard InChI is InChI=1S/C18H32O12/c1-6-9(19)12(22)13(23)16(27-6)30-18(15(25)11(21)8(3)29-18)5-26-17(4)14(24)10(20)7(2)28-17/h6-16,19-25H,5H2,1-4H3/t6?,7-,8-,9?,10?,11?,12-,13?,14?,15?,16-,17-,18+/m1/s1. The summed E-state index contributed by atoms with van der Waals surface area (Å²) in [7, 11) is 0. The smallest absolute Gasteiger partial charge is 0.224 e. The molecule has 3 saturated heterocycles. The minimum Gasteiger partial charge on any atom is -0.388 e. The average molecular weight is 440 g/mol. The molecule has 3 fully saturated rings. The summed E-state index contributed by atoms with van der Waals surface area (Å²) in [6, 6.07) is 0. The van der Waals surface area contributed by atoms with Gasteiger partial charge >= 0.3 is 0 Å². The molecule has 0 saturated carbocycles. The predicted molar refractivity (Wildman–Crippen MR) is 95.6 cm³/mol. The van der Waals surface area contributed by atoms with E-state index >= 15 is 0 Å². The molecule has 12 heteroatoms. The number of ether oxygens (including phenoxy) is 5. The molecule has 3 rings (SSSR count). The lowest BCUT2D eigenvalue weighted by Crippen LogP contribution is -2.62. The molecule has 3 heterocycles. The van der Waals surface area contributed by atoms with Crippen LogP contribution < -0.4 is 0 Å². The van der Waals surface area contributed by atoms with Crippen LogP contribution in [0.25, 0.3) is 0 Å². The fraction of sp³-hybridized carbons (Fsp3) is 1.00. The van der Waals surface area contributed by atoms with E-state index in [4.69, 9.17) is 23.7 Å². The molecule has 0 radical (unpaired) electrons. The first-order valence-corrected chi connectivity index (χ1v) is 9.92. The molecule has 0 aliphatic carbocycles. The quantitative estimate of drug-likeness (QED) is 0.224. The van der Waals surface area contributed by atoms with Gasteiger partial charge in [-0.25, -0.2) is 0 Å². The van der Waals surface area contributed by atoms with E-state index in [-0.39, 0.29) is 0 Å². The Labute approximate surface area is 173 Å². The Balaban J connectivity index is 1.81. The molecule has 3 aliphatic heterocycles. The fourth-order valence-electron chi connectivity index (χ4n) is 3.97. The van der Waals surface area contributed by atoms with Crippen LogP contribution in [0.15, 0.2) is 0 Å². The van der Waals surface area contributed by atoms with Crippen LogP contribution in [-0.4, -0.2) is 121 Å². The maximum absolute atomic E-state index is 10.6. The first-order valence-electron chi connectivity index (χ1n) is 9.92. The fourth-order valence-corrected chi connectivity index (χ4v) is 3.97. The summed E-state index contributed by atoms with van der Waals surface area (Å²) in [6.07, 6.45) is -14.4. The van der Waals surface area contributed by atoms with Gasteiger partial charge in [0, 0.05) is 0 Å². The van der Waals surface area contributed by atoms with Crippen LogP contribution in [0.5, 0.6) is 0 Å². The van der Waals surface area contributed by atoms with Gasteiger partial charge in [0.2, 0.25) is 5.79 Å². The molecule has 7 unspecified atom stereocenters. The van der Waals surface area contributed by atoms with E-state index in [2.05, 4.69) is 0 Å². The maximum Gasteiger partial charge on any atom is 0.224 e. The van der Waals surface area contributed by atoms with E-state index in [1.165, 1.54) is 20.8 Å². The highest BCUT2D eigenvalue weighted by Gasteiger charge is 2.60. The number of aliphatic hydroxyl groups is 7. The Morgan fingerprint density at radius 3 is 1.77 bits per heavy atom. The Hall–Kier alpha value is -0.480. The SMILES string of the molecule is CC1O[C@H](O[C@]2(CO[C@]3(C)O[C@H](C)C(O)C3O)O[C@H](C)C(O)C2O)C(O)[C@H](O)C1O. The van der Waals surface area contributed by atoms with Crippen LogP contribution in [0.3, 0.4) is 0 Å². The van der Waals surface area contributed by atoms with Gasteiger partial charge in [0.15, 0.2) is 12.1 Å². The Morgan fingerprint density at radius 1 is 0.700 bits per heavy atom. The molecule has 0 spiro atoms. The van der Waals surface area contributed by atoms with E-state index < -0.39 is 85.5 Å². The lowest BCUT2D eigenvalue weighted by molar-refractivity contribution is -0.393. The number of aliphatic hydroxyl groups excluding tert-OH is 7. The second kappa shape index (κ2) is 8.46. The number of hydrogen-bond acceptors (Lipinski definition) is 12. The van der Waals surface area contributed by atoms with E-state index in [0.29, 0.717) is 0 Å². The number of hydrogen-bond donors (Lipinski definition) is 7. The van der Waals surface area contributed by atoms with Gasteiger partial charge in [-0.1, -0.05) is 0 Å². The lowest BCUT2D eigenvalue weighted by Gasteiger charge is -2.44. The van der Waals surface area contributed by atoms with Gasteiger partial charge < -0.3 is 59.4 Å². The van der Waals surface area contributed by atoms with Crippen molar-refractivity contribution in [2.24, 2.45) is 0 Å². The van der Waals surface area contributed by atoms with Crippen molar-refractivity contribution in [2.75, 3.05) is 6.61 Å². The van der Waals surface area contributed by atoms with Gasteiger partial charge in [-0.05, 0) is 27.7 Å². The van der Waals surface area contributed by atoms with Gasteiger partial charge in [-0.2, -0.15) is 0 Å². The average Bonchev–Trinajstić information content (AvgIpc) is 3.03. The molecule has 3 aliphatic rings. The van der Waals surface area contributed by atoms with Crippen molar-refractivity contribution in [3.63, 3.8) is 0 Å². The lowest BCUT2D eigenvalue weighted by atomic mass is 9.99. The molecule has 0 amide bonds. The van der Waals surface area contributed by atoms with Gasteiger partial charge in [0.1, 0.15) is 49.3 Å². The molecule has 0 aromatic carbocycles. The van der Waals surface area contributed by atoms with Crippen LogP contribution in [0.1, 0.15) is 27.7 Å². The van der Waals surface area contributed by atoms with Gasteiger partial charge in [0.25, 0.3) is 0 Å². The zero-order valence-corrected chi connectivity index (χ0v) is 17.2. The second-order valence-corrected chi connectivity index (χ2v) is 8.43. The molecule has 176 valence electrons. The first-order chi connectivity index (χ1) is 13.8. The third-order valence-corrected chi connectivity index (χ3v) is 6.09. The van der Waals surface area contributed by atoms with E-state index in [1.54, 1.807) is 6.92 Å². The Kier molecular flexibility index (Phi) is 6.82. The number of rotatable bonds is 5. The molecular weight excluding hydrogens is 408 g/mol. The highest BCUT2D eigenvalue weighted by Crippen LogP contribution is 2.39. The second-order valence-electron chi connectivity index (χ2n) is 8.43. The Morgan fingerprint density at radius 2 is 1.27 bits per heavy atom. The molecule has 0 aromatic heterocycles. The molecule has 12 nitrogen and oxygen atoms in total. The van der Waals surface area contributed by atoms with E-state index in [0.717, 1.165) is 0 Å². The summed E-state index contributed by atoms with van der Waals surface area (Å²) in [6.45, 7) is 5.26. The van der Waals surface area contributed by atoms with Crippen LogP contribution in [0, 0.1) is 0 Å². The summed E-state index contributed by atoms with van der Waals surface area (Å²) >= 11 is 0. The minimum atomic E-state index is -2.07. The zero-order valence-electron chi connectivity index (χ0n) is 17.2. The van der Waals surface area contributed by atoms with Crippen molar-refractivity contribution in [1.29, 1.82) is 0 Å². The monoisotopic (exact) mass is 440 g/mol. The topological polar surface area (TPSA) is 188 Å². The van der Waals surface area contributed by atoms with Crippen molar-refractivity contribution in [3.8, 4) is 0 Å². The molecule has 0 aromatic rings. The summed E-state index contributed by atoms with van der Waals surface area (Å²) in [5, 5.41) is 71.2. The summed E-state index contributed by atoms with van der Waals surface area (Å²) in [5.74, 6) is -3.75. The molecule has 30 heavy (non-hydrogen) atoms. The van der Waals surface area contributed by atoms with E-state index in [1.807, 2.05) is 0 Å². The third-order valence-electron chi connectivity index (χ3n) is 6.09.